The standard InChI is InChI=1S/C32H40N2O8S2/c35-29-13-15-33(29)31(37)25-5-9-27(10-6-25)41-19-3-1-17-39-21-23-43-44-24-22-40-18-2-4-20-42-28-11-7-26(8-12-28)32(38)34-16-14-30(34)36/h5-12H,1-4,13-24H2. The number of carbonyl (C=O) groups is 4. The van der Waals surface area contributed by atoms with Gasteiger partial charge in [-0.2, -0.15) is 0 Å². The lowest BCUT2D eigenvalue weighted by Gasteiger charge is -2.28. The number of β-lactam (4-membered cyclic amide) rings is 2. The normalized spacial score (nSPS) is 14.3. The fourth-order valence-corrected chi connectivity index (χ4v) is 5.98. The van der Waals surface area contributed by atoms with E-state index in [4.69, 9.17) is 18.9 Å². The van der Waals surface area contributed by atoms with Crippen molar-refractivity contribution in [2.24, 2.45) is 0 Å². The molecule has 0 aliphatic carbocycles. The number of unbranched alkanes of at least 4 members (excludes halogenated alkanes) is 2. The molecule has 0 atom stereocenters. The second-order valence-electron chi connectivity index (χ2n) is 10.2. The minimum atomic E-state index is -0.246. The van der Waals surface area contributed by atoms with Gasteiger partial charge in [-0.05, 0) is 74.2 Å². The van der Waals surface area contributed by atoms with E-state index in [1.54, 1.807) is 70.1 Å². The number of likely N-dealkylation sites (tertiary alicyclic amines) is 2. The summed E-state index contributed by atoms with van der Waals surface area (Å²) >= 11 is 0. The van der Waals surface area contributed by atoms with Gasteiger partial charge in [-0.1, -0.05) is 21.6 Å². The predicted octanol–water partition coefficient (Wildman–Crippen LogP) is 4.86. The summed E-state index contributed by atoms with van der Waals surface area (Å²) in [6.07, 6.45) is 4.49. The van der Waals surface area contributed by atoms with Gasteiger partial charge in [0.05, 0.1) is 26.4 Å². The molecule has 2 saturated heterocycles. The lowest BCUT2D eigenvalue weighted by Crippen LogP contribution is -2.47. The van der Waals surface area contributed by atoms with E-state index in [0.29, 0.717) is 88.2 Å². The van der Waals surface area contributed by atoms with E-state index in [1.165, 1.54) is 9.80 Å². The smallest absolute Gasteiger partial charge is 0.260 e. The SMILES string of the molecule is O=C1CCN1C(=O)c1ccc(OCCCCOCCSSCCOCCCCOc2ccc(C(=O)N3CCC3=O)cc2)cc1. The van der Waals surface area contributed by atoms with Crippen molar-refractivity contribution < 1.29 is 38.1 Å². The summed E-state index contributed by atoms with van der Waals surface area (Å²) in [5.41, 5.74) is 1.000. The number of ether oxygens (including phenoxy) is 4. The third kappa shape index (κ3) is 10.8. The summed E-state index contributed by atoms with van der Waals surface area (Å²) in [5.74, 6) is 2.55. The molecule has 2 aliphatic rings. The Morgan fingerprint density at radius 1 is 0.568 bits per heavy atom. The highest BCUT2D eigenvalue weighted by atomic mass is 33.1. The number of rotatable bonds is 21. The van der Waals surface area contributed by atoms with Crippen LogP contribution < -0.4 is 9.47 Å². The molecule has 2 aromatic rings. The number of imide groups is 2. The molecule has 0 saturated carbocycles. The van der Waals surface area contributed by atoms with Crippen molar-refractivity contribution in [2.45, 2.75) is 38.5 Å². The Labute approximate surface area is 266 Å². The Hall–Kier alpha value is -3.06. The minimum Gasteiger partial charge on any atom is -0.494 e. The molecule has 238 valence electrons. The van der Waals surface area contributed by atoms with Crippen LogP contribution in [-0.4, -0.2) is 97.7 Å². The first-order chi connectivity index (χ1) is 21.5. The Bertz CT molecular complexity index is 1130. The molecule has 2 aromatic carbocycles. The van der Waals surface area contributed by atoms with Crippen molar-refractivity contribution in [1.29, 1.82) is 0 Å². The second-order valence-corrected chi connectivity index (χ2v) is 12.9. The number of amides is 4. The molecule has 4 amide bonds. The average molecular weight is 645 g/mol. The molecular formula is C32H40N2O8S2. The number of hydrogen-bond donors (Lipinski definition) is 0. The summed E-state index contributed by atoms with van der Waals surface area (Å²) in [5, 5.41) is 0. The third-order valence-electron chi connectivity index (χ3n) is 7.00. The molecule has 2 aliphatic heterocycles. The van der Waals surface area contributed by atoms with Crippen molar-refractivity contribution in [3.05, 3.63) is 59.7 Å². The highest BCUT2D eigenvalue weighted by Crippen LogP contribution is 2.21. The van der Waals surface area contributed by atoms with Crippen molar-refractivity contribution >= 4 is 45.2 Å². The summed E-state index contributed by atoms with van der Waals surface area (Å²) in [6.45, 7) is 4.99. The van der Waals surface area contributed by atoms with Gasteiger partial charge in [0, 0.05) is 61.8 Å². The van der Waals surface area contributed by atoms with Crippen LogP contribution in [0.5, 0.6) is 11.5 Å². The van der Waals surface area contributed by atoms with Crippen molar-refractivity contribution in [3.8, 4) is 11.5 Å². The zero-order valence-electron chi connectivity index (χ0n) is 24.9. The van der Waals surface area contributed by atoms with Crippen LogP contribution in [0.1, 0.15) is 59.2 Å². The van der Waals surface area contributed by atoms with Crippen LogP contribution in [0.25, 0.3) is 0 Å². The van der Waals surface area contributed by atoms with E-state index in [0.717, 1.165) is 37.2 Å². The third-order valence-corrected chi connectivity index (χ3v) is 9.34. The fourth-order valence-electron chi connectivity index (χ4n) is 4.26. The highest BCUT2D eigenvalue weighted by molar-refractivity contribution is 8.76. The maximum Gasteiger partial charge on any atom is 0.260 e. The molecule has 0 bridgehead atoms. The molecular weight excluding hydrogens is 604 g/mol. The molecule has 10 nitrogen and oxygen atoms in total. The van der Waals surface area contributed by atoms with Crippen LogP contribution in [0.2, 0.25) is 0 Å². The summed E-state index contributed by atoms with van der Waals surface area (Å²) in [6, 6.07) is 13.8. The van der Waals surface area contributed by atoms with Gasteiger partial charge in [0.1, 0.15) is 11.5 Å². The van der Waals surface area contributed by atoms with Gasteiger partial charge < -0.3 is 18.9 Å². The topological polar surface area (TPSA) is 112 Å². The number of hydrogen-bond acceptors (Lipinski definition) is 10. The van der Waals surface area contributed by atoms with E-state index in [9.17, 15) is 19.2 Å². The van der Waals surface area contributed by atoms with E-state index < -0.39 is 0 Å². The molecule has 44 heavy (non-hydrogen) atoms. The summed E-state index contributed by atoms with van der Waals surface area (Å²) in [7, 11) is 3.58. The lowest BCUT2D eigenvalue weighted by molar-refractivity contribution is -0.136. The zero-order valence-corrected chi connectivity index (χ0v) is 26.5. The van der Waals surface area contributed by atoms with E-state index in [2.05, 4.69) is 0 Å². The Morgan fingerprint density at radius 2 is 0.955 bits per heavy atom. The van der Waals surface area contributed by atoms with Gasteiger partial charge in [-0.25, -0.2) is 0 Å². The largest absolute Gasteiger partial charge is 0.494 e. The van der Waals surface area contributed by atoms with Gasteiger partial charge in [0.2, 0.25) is 11.8 Å². The second kappa shape index (κ2) is 18.7. The Kier molecular flexibility index (Phi) is 14.4. The molecule has 12 heteroatoms. The first kappa shape index (κ1) is 33.8. The number of nitrogens with zero attached hydrogens (tertiary/aromatic N) is 2. The van der Waals surface area contributed by atoms with Gasteiger partial charge in [0.25, 0.3) is 11.8 Å². The van der Waals surface area contributed by atoms with Crippen LogP contribution in [0.4, 0.5) is 0 Å². The summed E-state index contributed by atoms with van der Waals surface area (Å²) in [4.78, 5) is 49.7. The fraction of sp³-hybridized carbons (Fsp3) is 0.500. The van der Waals surface area contributed by atoms with Crippen molar-refractivity contribution in [1.82, 2.24) is 9.80 Å². The number of carbonyl (C=O) groups excluding carboxylic acids is 4. The van der Waals surface area contributed by atoms with Crippen LogP contribution in [0.15, 0.2) is 48.5 Å². The maximum absolute atomic E-state index is 12.2. The monoisotopic (exact) mass is 644 g/mol. The van der Waals surface area contributed by atoms with Crippen molar-refractivity contribution in [3.63, 3.8) is 0 Å². The van der Waals surface area contributed by atoms with Gasteiger partial charge in [0.15, 0.2) is 0 Å². The van der Waals surface area contributed by atoms with Gasteiger partial charge in [-0.3, -0.25) is 29.0 Å². The van der Waals surface area contributed by atoms with Crippen LogP contribution in [0, 0.1) is 0 Å². The quantitative estimate of drug-likeness (QED) is 0.0808. The molecule has 0 spiro atoms. The van der Waals surface area contributed by atoms with Gasteiger partial charge in [-0.15, -0.1) is 0 Å². The molecule has 4 rings (SSSR count). The predicted molar refractivity (Wildman–Crippen MR) is 170 cm³/mol. The molecule has 0 aromatic heterocycles. The first-order valence-electron chi connectivity index (χ1n) is 15.1. The molecule has 0 radical (unpaired) electrons. The Morgan fingerprint density at radius 3 is 1.30 bits per heavy atom. The van der Waals surface area contributed by atoms with Crippen molar-refractivity contribution in [2.75, 3.05) is 64.2 Å². The van der Waals surface area contributed by atoms with E-state index in [-0.39, 0.29) is 23.6 Å². The zero-order chi connectivity index (χ0) is 31.0. The average Bonchev–Trinajstić information content (AvgIpc) is 3.03. The van der Waals surface area contributed by atoms with Gasteiger partial charge >= 0.3 is 0 Å². The van der Waals surface area contributed by atoms with Crippen LogP contribution in [-0.2, 0) is 19.1 Å². The first-order valence-corrected chi connectivity index (χ1v) is 17.6. The molecule has 0 unspecified atom stereocenters. The van der Waals surface area contributed by atoms with E-state index in [1.807, 2.05) is 0 Å². The molecule has 0 N–H and O–H groups in total. The number of benzene rings is 2. The molecule has 2 fully saturated rings. The summed E-state index contributed by atoms with van der Waals surface area (Å²) < 4.78 is 22.9. The van der Waals surface area contributed by atoms with E-state index >= 15 is 0 Å². The Balaban J connectivity index is 0.874. The maximum atomic E-state index is 12.2. The van der Waals surface area contributed by atoms with Crippen LogP contribution >= 0.6 is 21.6 Å². The van der Waals surface area contributed by atoms with Crippen LogP contribution in [0.3, 0.4) is 0 Å². The highest BCUT2D eigenvalue weighted by Gasteiger charge is 2.31. The molecule has 2 heterocycles. The minimum absolute atomic E-state index is 0.119. The lowest BCUT2D eigenvalue weighted by atomic mass is 10.1.